The Hall–Kier alpha value is -0.380. The zero-order chi connectivity index (χ0) is 12.3. The first-order valence-corrected chi connectivity index (χ1v) is 6.94. The Kier molecular flexibility index (Phi) is 4.60. The van der Waals surface area contributed by atoms with E-state index < -0.39 is 0 Å². The molecule has 0 amide bonds. The van der Waals surface area contributed by atoms with Gasteiger partial charge in [0.15, 0.2) is 5.78 Å². The topological polar surface area (TPSA) is 26.3 Å². The number of ketones is 1. The first-order valence-electron chi connectivity index (χ1n) is 5.76. The van der Waals surface area contributed by atoms with Crippen molar-refractivity contribution in [1.29, 1.82) is 0 Å². The van der Waals surface area contributed by atoms with E-state index in [2.05, 4.69) is 15.9 Å². The molecule has 92 valence electrons. The van der Waals surface area contributed by atoms with Gasteiger partial charge in [-0.15, -0.1) is 0 Å². The van der Waals surface area contributed by atoms with Gasteiger partial charge < -0.3 is 4.74 Å². The lowest BCUT2D eigenvalue weighted by molar-refractivity contribution is 0.0859. The summed E-state index contributed by atoms with van der Waals surface area (Å²) in [5.41, 5.74) is 0.596. The van der Waals surface area contributed by atoms with Crippen molar-refractivity contribution in [3.05, 3.63) is 33.3 Å². The predicted octanol–water partition coefficient (Wildman–Crippen LogP) is 4.24. The number of rotatable bonds is 4. The molecule has 1 aromatic rings. The SMILES string of the molecule is O=C(CCC1CCCO1)c1cc(Br)ccc1Cl. The van der Waals surface area contributed by atoms with Gasteiger partial charge in [0.25, 0.3) is 0 Å². The summed E-state index contributed by atoms with van der Waals surface area (Å²) in [6.07, 6.45) is 3.73. The van der Waals surface area contributed by atoms with Crippen molar-refractivity contribution >= 4 is 33.3 Å². The molecule has 17 heavy (non-hydrogen) atoms. The molecule has 0 aromatic heterocycles. The highest BCUT2D eigenvalue weighted by atomic mass is 79.9. The van der Waals surface area contributed by atoms with Crippen LogP contribution >= 0.6 is 27.5 Å². The van der Waals surface area contributed by atoms with E-state index in [1.54, 1.807) is 12.1 Å². The van der Waals surface area contributed by atoms with E-state index in [0.29, 0.717) is 17.0 Å². The summed E-state index contributed by atoms with van der Waals surface area (Å²) in [5, 5.41) is 0.519. The maximum Gasteiger partial charge on any atom is 0.164 e. The van der Waals surface area contributed by atoms with Crippen LogP contribution < -0.4 is 0 Å². The van der Waals surface area contributed by atoms with E-state index in [9.17, 15) is 4.79 Å². The van der Waals surface area contributed by atoms with Crippen LogP contribution in [0.3, 0.4) is 0 Å². The second-order valence-electron chi connectivity index (χ2n) is 4.22. The lowest BCUT2D eigenvalue weighted by Gasteiger charge is -2.09. The second kappa shape index (κ2) is 5.98. The van der Waals surface area contributed by atoms with Gasteiger partial charge in [0.1, 0.15) is 0 Å². The number of Topliss-reactive ketones (excluding diaryl/α,β-unsaturated/α-hetero) is 1. The van der Waals surface area contributed by atoms with Gasteiger partial charge in [0.2, 0.25) is 0 Å². The van der Waals surface area contributed by atoms with Crippen LogP contribution in [0.5, 0.6) is 0 Å². The molecule has 1 aliphatic heterocycles. The van der Waals surface area contributed by atoms with Crippen LogP contribution in [0.25, 0.3) is 0 Å². The molecule has 2 rings (SSSR count). The Morgan fingerprint density at radius 3 is 3.06 bits per heavy atom. The molecule has 0 radical (unpaired) electrons. The van der Waals surface area contributed by atoms with Crippen LogP contribution in [0, 0.1) is 0 Å². The minimum atomic E-state index is 0.0896. The quantitative estimate of drug-likeness (QED) is 0.776. The summed E-state index contributed by atoms with van der Waals surface area (Å²) < 4.78 is 6.38. The fourth-order valence-electron chi connectivity index (χ4n) is 2.01. The molecule has 2 nitrogen and oxygen atoms in total. The number of hydrogen-bond donors (Lipinski definition) is 0. The summed E-state index contributed by atoms with van der Waals surface area (Å²) in [6, 6.07) is 5.35. The molecule has 0 N–H and O–H groups in total. The van der Waals surface area contributed by atoms with E-state index in [1.807, 2.05) is 6.07 Å². The van der Waals surface area contributed by atoms with E-state index in [-0.39, 0.29) is 11.9 Å². The summed E-state index contributed by atoms with van der Waals surface area (Å²) in [6.45, 7) is 0.830. The van der Waals surface area contributed by atoms with Gasteiger partial charge in [-0.2, -0.15) is 0 Å². The van der Waals surface area contributed by atoms with Gasteiger partial charge in [-0.05, 0) is 37.5 Å². The number of ether oxygens (including phenoxy) is 1. The monoisotopic (exact) mass is 316 g/mol. The third kappa shape index (κ3) is 3.54. The van der Waals surface area contributed by atoms with Crippen molar-refractivity contribution < 1.29 is 9.53 Å². The summed E-state index contributed by atoms with van der Waals surface area (Å²) in [5.74, 6) is 0.0896. The third-order valence-corrected chi connectivity index (χ3v) is 3.77. The zero-order valence-corrected chi connectivity index (χ0v) is 11.8. The number of carbonyl (C=O) groups is 1. The molecule has 1 fully saturated rings. The summed E-state index contributed by atoms with van der Waals surface area (Å²) in [7, 11) is 0. The minimum Gasteiger partial charge on any atom is -0.378 e. The Morgan fingerprint density at radius 2 is 2.35 bits per heavy atom. The van der Waals surface area contributed by atoms with Gasteiger partial charge in [-0.25, -0.2) is 0 Å². The average molecular weight is 318 g/mol. The van der Waals surface area contributed by atoms with Crippen molar-refractivity contribution in [3.8, 4) is 0 Å². The molecular formula is C13H14BrClO2. The van der Waals surface area contributed by atoms with Crippen molar-refractivity contribution in [3.63, 3.8) is 0 Å². The van der Waals surface area contributed by atoms with Crippen LogP contribution in [-0.4, -0.2) is 18.5 Å². The van der Waals surface area contributed by atoms with Gasteiger partial charge in [0, 0.05) is 23.1 Å². The smallest absolute Gasteiger partial charge is 0.164 e. The molecule has 0 spiro atoms. The van der Waals surface area contributed by atoms with Gasteiger partial charge in [0.05, 0.1) is 11.1 Å². The molecule has 0 saturated carbocycles. The van der Waals surface area contributed by atoms with Crippen molar-refractivity contribution in [2.45, 2.75) is 31.8 Å². The van der Waals surface area contributed by atoms with Crippen molar-refractivity contribution in [1.82, 2.24) is 0 Å². The Morgan fingerprint density at radius 1 is 1.53 bits per heavy atom. The Balaban J connectivity index is 1.96. The Labute approximate surface area is 114 Å². The van der Waals surface area contributed by atoms with Gasteiger partial charge >= 0.3 is 0 Å². The molecule has 1 saturated heterocycles. The van der Waals surface area contributed by atoms with Crippen molar-refractivity contribution in [2.75, 3.05) is 6.61 Å². The normalized spacial score (nSPS) is 19.5. The van der Waals surface area contributed by atoms with E-state index >= 15 is 0 Å². The first kappa shape index (κ1) is 13.1. The van der Waals surface area contributed by atoms with Gasteiger partial charge in [-0.1, -0.05) is 27.5 Å². The zero-order valence-electron chi connectivity index (χ0n) is 9.42. The van der Waals surface area contributed by atoms with Crippen LogP contribution in [0.4, 0.5) is 0 Å². The van der Waals surface area contributed by atoms with Gasteiger partial charge in [-0.3, -0.25) is 4.79 Å². The number of benzene rings is 1. The second-order valence-corrected chi connectivity index (χ2v) is 5.54. The standard InChI is InChI=1S/C13H14BrClO2/c14-9-3-5-12(15)11(8-9)13(16)6-4-10-2-1-7-17-10/h3,5,8,10H,1-2,4,6-7H2. The molecule has 0 aliphatic carbocycles. The van der Waals surface area contributed by atoms with Crippen LogP contribution in [0.2, 0.25) is 5.02 Å². The molecule has 1 heterocycles. The molecule has 4 heteroatoms. The first-order chi connectivity index (χ1) is 8.16. The van der Waals surface area contributed by atoms with Crippen molar-refractivity contribution in [2.24, 2.45) is 0 Å². The van der Waals surface area contributed by atoms with Crippen LogP contribution in [0.15, 0.2) is 22.7 Å². The summed E-state index contributed by atoms with van der Waals surface area (Å²) >= 11 is 9.36. The van der Waals surface area contributed by atoms with E-state index in [4.69, 9.17) is 16.3 Å². The Bertz CT molecular complexity index is 414. The molecular weight excluding hydrogens is 303 g/mol. The van der Waals surface area contributed by atoms with E-state index in [1.165, 1.54) is 0 Å². The lowest BCUT2D eigenvalue weighted by atomic mass is 10.0. The molecule has 1 atom stereocenters. The molecule has 1 aliphatic rings. The maximum atomic E-state index is 12.0. The third-order valence-electron chi connectivity index (χ3n) is 2.95. The summed E-state index contributed by atoms with van der Waals surface area (Å²) in [4.78, 5) is 12.0. The number of hydrogen-bond acceptors (Lipinski definition) is 2. The maximum absolute atomic E-state index is 12.0. The molecule has 0 bridgehead atoms. The lowest BCUT2D eigenvalue weighted by Crippen LogP contribution is -2.09. The fraction of sp³-hybridized carbons (Fsp3) is 0.462. The van der Waals surface area contributed by atoms with Crippen LogP contribution in [0.1, 0.15) is 36.0 Å². The minimum absolute atomic E-state index is 0.0896. The highest BCUT2D eigenvalue weighted by molar-refractivity contribution is 9.10. The number of halogens is 2. The number of carbonyl (C=O) groups excluding carboxylic acids is 1. The predicted molar refractivity (Wildman–Crippen MR) is 71.7 cm³/mol. The molecule has 1 aromatic carbocycles. The highest BCUT2D eigenvalue weighted by Gasteiger charge is 2.18. The fourth-order valence-corrected chi connectivity index (χ4v) is 2.59. The average Bonchev–Trinajstić information content (AvgIpc) is 2.82. The van der Waals surface area contributed by atoms with E-state index in [0.717, 1.165) is 30.3 Å². The largest absolute Gasteiger partial charge is 0.378 e. The molecule has 1 unspecified atom stereocenters. The van der Waals surface area contributed by atoms with Crippen LogP contribution in [-0.2, 0) is 4.74 Å². The highest BCUT2D eigenvalue weighted by Crippen LogP contribution is 2.24.